The second kappa shape index (κ2) is 4.70. The highest BCUT2D eigenvalue weighted by Crippen LogP contribution is 2.30. The van der Waals surface area contributed by atoms with Crippen LogP contribution in [0.25, 0.3) is 0 Å². The van der Waals surface area contributed by atoms with E-state index >= 15 is 0 Å². The summed E-state index contributed by atoms with van der Waals surface area (Å²) in [7, 11) is 0. The number of nitrogens with zero attached hydrogens (tertiary/aromatic N) is 1. The Morgan fingerprint density at radius 1 is 1.41 bits per heavy atom. The minimum absolute atomic E-state index is 0.138. The summed E-state index contributed by atoms with van der Waals surface area (Å²) in [5.41, 5.74) is 1.86. The molecule has 0 saturated carbocycles. The third-order valence-corrected chi connectivity index (χ3v) is 2.90. The van der Waals surface area contributed by atoms with Crippen molar-refractivity contribution in [2.24, 2.45) is 0 Å². The van der Waals surface area contributed by atoms with Crippen molar-refractivity contribution in [2.75, 3.05) is 6.61 Å². The maximum Gasteiger partial charge on any atom is 0.522 e. The number of aromatic nitrogens is 1. The minimum atomic E-state index is -4.58. The van der Waals surface area contributed by atoms with Gasteiger partial charge in [-0.05, 0) is 24.8 Å². The molecule has 17 heavy (non-hydrogen) atoms. The molecule has 1 aromatic heterocycles. The normalized spacial score (nSPS) is 20.4. The van der Waals surface area contributed by atoms with Crippen LogP contribution in [0.1, 0.15) is 30.1 Å². The fourth-order valence-electron chi connectivity index (χ4n) is 2.12. The van der Waals surface area contributed by atoms with Gasteiger partial charge in [0.1, 0.15) is 0 Å². The summed E-state index contributed by atoms with van der Waals surface area (Å²) < 4.78 is 40.7. The second-order valence-corrected chi connectivity index (χ2v) is 4.18. The number of aryl methyl sites for hydroxylation is 1. The van der Waals surface area contributed by atoms with Crippen molar-refractivity contribution in [3.63, 3.8) is 0 Å². The number of aliphatic hydroxyl groups excluding tert-OH is 1. The second-order valence-electron chi connectivity index (χ2n) is 4.18. The summed E-state index contributed by atoms with van der Waals surface area (Å²) in [6.07, 6.45) is 0.943. The molecule has 1 unspecified atom stereocenters. The molecular weight excluding hydrogens is 235 g/mol. The summed E-state index contributed by atoms with van der Waals surface area (Å²) in [6, 6.07) is 0. The number of aliphatic hydroxyl groups is 1. The van der Waals surface area contributed by atoms with Gasteiger partial charge >= 0.3 is 6.36 Å². The Labute approximate surface area is 96.8 Å². The van der Waals surface area contributed by atoms with Gasteiger partial charge in [-0.15, -0.1) is 13.2 Å². The molecule has 1 aromatic rings. The molecule has 96 valence electrons. The van der Waals surface area contributed by atoms with E-state index < -0.39 is 19.1 Å². The fraction of sp³-hybridized carbons (Fsp3) is 0.636. The van der Waals surface area contributed by atoms with Gasteiger partial charge in [-0.2, -0.15) is 0 Å². The van der Waals surface area contributed by atoms with Crippen molar-refractivity contribution in [1.29, 1.82) is 0 Å². The van der Waals surface area contributed by atoms with Gasteiger partial charge in [-0.25, -0.2) is 0 Å². The molecule has 1 N–H and O–H groups in total. The molecule has 0 amide bonds. The van der Waals surface area contributed by atoms with Gasteiger partial charge in [0.05, 0.1) is 12.7 Å². The van der Waals surface area contributed by atoms with E-state index in [1.54, 1.807) is 17.0 Å². The first-order valence-electron chi connectivity index (χ1n) is 5.53. The van der Waals surface area contributed by atoms with Crippen LogP contribution in [0.2, 0.25) is 0 Å². The Balaban J connectivity index is 1.94. The molecule has 1 aliphatic carbocycles. The van der Waals surface area contributed by atoms with E-state index in [1.807, 2.05) is 0 Å². The molecule has 0 spiro atoms. The number of rotatable bonds is 3. The van der Waals surface area contributed by atoms with Crippen molar-refractivity contribution in [2.45, 2.75) is 38.3 Å². The predicted molar refractivity (Wildman–Crippen MR) is 54.3 cm³/mol. The molecule has 0 aliphatic heterocycles. The van der Waals surface area contributed by atoms with Crippen molar-refractivity contribution in [3.8, 4) is 0 Å². The first-order valence-corrected chi connectivity index (χ1v) is 5.53. The largest absolute Gasteiger partial charge is 0.522 e. The van der Waals surface area contributed by atoms with Crippen molar-refractivity contribution >= 4 is 0 Å². The molecule has 6 heteroatoms. The number of ether oxygens (including phenoxy) is 1. The van der Waals surface area contributed by atoms with Crippen LogP contribution in [0.4, 0.5) is 13.2 Å². The Kier molecular flexibility index (Phi) is 3.44. The van der Waals surface area contributed by atoms with Crippen molar-refractivity contribution in [1.82, 2.24) is 4.57 Å². The van der Waals surface area contributed by atoms with E-state index in [0.29, 0.717) is 0 Å². The van der Waals surface area contributed by atoms with Crippen LogP contribution < -0.4 is 0 Å². The first-order chi connectivity index (χ1) is 7.96. The van der Waals surface area contributed by atoms with Crippen molar-refractivity contribution < 1.29 is 23.0 Å². The molecular formula is C11H14F3NO2. The summed E-state index contributed by atoms with van der Waals surface area (Å²) in [6.45, 7) is -0.271. The van der Waals surface area contributed by atoms with E-state index in [9.17, 15) is 18.3 Å². The molecule has 1 atom stereocenters. The van der Waals surface area contributed by atoms with Crippen LogP contribution in [-0.4, -0.2) is 22.6 Å². The lowest BCUT2D eigenvalue weighted by molar-refractivity contribution is -0.325. The molecule has 3 nitrogen and oxygen atoms in total. The fourth-order valence-corrected chi connectivity index (χ4v) is 2.12. The lowest BCUT2D eigenvalue weighted by Gasteiger charge is -2.16. The topological polar surface area (TPSA) is 34.4 Å². The lowest BCUT2D eigenvalue weighted by atomic mass is 9.93. The summed E-state index contributed by atoms with van der Waals surface area (Å²) in [5.74, 6) is 0. The van der Waals surface area contributed by atoms with Crippen LogP contribution in [0.15, 0.2) is 12.4 Å². The third-order valence-electron chi connectivity index (χ3n) is 2.90. The van der Waals surface area contributed by atoms with E-state index in [-0.39, 0.29) is 6.54 Å². The Morgan fingerprint density at radius 2 is 2.18 bits per heavy atom. The standard InChI is InChI=1S/C11H14F3NO2/c12-11(13,14)17-5-4-15-6-8-2-1-3-10(16)9(8)7-15/h6-7,10,16H,1-5H2. The van der Waals surface area contributed by atoms with E-state index in [1.165, 1.54) is 0 Å². The average Bonchev–Trinajstić information content (AvgIpc) is 2.60. The van der Waals surface area contributed by atoms with Crippen LogP contribution >= 0.6 is 0 Å². The number of fused-ring (bicyclic) bond motifs is 1. The Bertz CT molecular complexity index is 387. The summed E-state index contributed by atoms with van der Waals surface area (Å²) >= 11 is 0. The summed E-state index contributed by atoms with van der Waals surface area (Å²) in [5, 5.41) is 9.70. The lowest BCUT2D eigenvalue weighted by Crippen LogP contribution is -2.16. The Hall–Kier alpha value is -1.01. The SMILES string of the molecule is OC1CCCc2cn(CCOC(F)(F)F)cc21. The van der Waals surface area contributed by atoms with E-state index in [2.05, 4.69) is 4.74 Å². The van der Waals surface area contributed by atoms with Crippen LogP contribution in [0.3, 0.4) is 0 Å². The molecule has 0 bridgehead atoms. The van der Waals surface area contributed by atoms with Gasteiger partial charge in [-0.3, -0.25) is 4.74 Å². The van der Waals surface area contributed by atoms with Gasteiger partial charge < -0.3 is 9.67 Å². The van der Waals surface area contributed by atoms with Crippen LogP contribution in [0, 0.1) is 0 Å². The van der Waals surface area contributed by atoms with Gasteiger partial charge in [-0.1, -0.05) is 0 Å². The third kappa shape index (κ3) is 3.23. The highest BCUT2D eigenvalue weighted by Gasteiger charge is 2.28. The highest BCUT2D eigenvalue weighted by atomic mass is 19.4. The molecule has 1 aliphatic rings. The molecule has 2 rings (SSSR count). The predicted octanol–water partition coefficient (Wildman–Crippen LogP) is 2.39. The molecule has 0 aromatic carbocycles. The number of hydrogen-bond donors (Lipinski definition) is 1. The molecule has 0 saturated heterocycles. The zero-order valence-corrected chi connectivity index (χ0v) is 9.20. The molecule has 1 heterocycles. The first kappa shape index (κ1) is 12.4. The van der Waals surface area contributed by atoms with Gasteiger partial charge in [0.15, 0.2) is 0 Å². The van der Waals surface area contributed by atoms with E-state index in [4.69, 9.17) is 0 Å². The van der Waals surface area contributed by atoms with Gasteiger partial charge in [0, 0.05) is 24.5 Å². The maximum atomic E-state index is 11.8. The summed E-state index contributed by atoms with van der Waals surface area (Å²) in [4.78, 5) is 0. The highest BCUT2D eigenvalue weighted by molar-refractivity contribution is 5.28. The average molecular weight is 249 g/mol. The minimum Gasteiger partial charge on any atom is -0.388 e. The van der Waals surface area contributed by atoms with Gasteiger partial charge in [0.2, 0.25) is 0 Å². The Morgan fingerprint density at radius 3 is 2.82 bits per heavy atom. The van der Waals surface area contributed by atoms with Crippen molar-refractivity contribution in [3.05, 3.63) is 23.5 Å². The quantitative estimate of drug-likeness (QED) is 0.892. The maximum absolute atomic E-state index is 11.8. The number of alkyl halides is 3. The van der Waals surface area contributed by atoms with E-state index in [0.717, 1.165) is 30.4 Å². The zero-order valence-electron chi connectivity index (χ0n) is 9.20. The monoisotopic (exact) mass is 249 g/mol. The molecule has 0 radical (unpaired) electrons. The van der Waals surface area contributed by atoms with Crippen LogP contribution in [-0.2, 0) is 17.7 Å². The van der Waals surface area contributed by atoms with Gasteiger partial charge in [0.25, 0.3) is 0 Å². The molecule has 0 fully saturated rings. The zero-order chi connectivity index (χ0) is 12.5. The number of hydrogen-bond acceptors (Lipinski definition) is 2. The smallest absolute Gasteiger partial charge is 0.388 e. The number of halogens is 3. The van der Waals surface area contributed by atoms with Crippen LogP contribution in [0.5, 0.6) is 0 Å².